The van der Waals surface area contributed by atoms with Crippen molar-refractivity contribution in [2.24, 2.45) is 0 Å². The average Bonchev–Trinajstić information content (AvgIpc) is 2.63. The molecule has 0 N–H and O–H groups in total. The van der Waals surface area contributed by atoms with E-state index in [-0.39, 0.29) is 11.4 Å². The van der Waals surface area contributed by atoms with Crippen LogP contribution in [0, 0.1) is 10.1 Å². The van der Waals surface area contributed by atoms with Crippen molar-refractivity contribution in [1.82, 2.24) is 4.98 Å². The predicted octanol–water partition coefficient (Wildman–Crippen LogP) is 4.38. The lowest BCUT2D eigenvalue weighted by Gasteiger charge is -2.10. The van der Waals surface area contributed by atoms with Crippen molar-refractivity contribution < 1.29 is 19.2 Å². The van der Waals surface area contributed by atoms with Crippen LogP contribution in [0.15, 0.2) is 48.7 Å². The second-order valence-electron chi connectivity index (χ2n) is 4.99. The largest absolute Gasteiger partial charge is 0.465 e. The number of halogens is 1. The third-order valence-corrected chi connectivity index (χ3v) is 3.82. The van der Waals surface area contributed by atoms with Crippen molar-refractivity contribution in [3.63, 3.8) is 0 Å². The first-order chi connectivity index (χ1) is 12.0. The maximum atomic E-state index is 11.5. The topological polar surface area (TPSA) is 91.6 Å². The first-order valence-electron chi connectivity index (χ1n) is 7.09. The third kappa shape index (κ3) is 3.22. The van der Waals surface area contributed by atoms with Crippen molar-refractivity contribution in [3.8, 4) is 11.6 Å². The molecule has 126 valence electrons. The number of methoxy groups -OCH3 is 1. The Morgan fingerprint density at radius 2 is 1.92 bits per heavy atom. The molecule has 3 aromatic rings. The summed E-state index contributed by atoms with van der Waals surface area (Å²) in [6.07, 6.45) is 1.16. The van der Waals surface area contributed by atoms with E-state index < -0.39 is 16.6 Å². The van der Waals surface area contributed by atoms with Gasteiger partial charge in [-0.3, -0.25) is 10.1 Å². The number of rotatable bonds is 4. The van der Waals surface area contributed by atoms with Gasteiger partial charge in [0.05, 0.1) is 17.6 Å². The first-order valence-corrected chi connectivity index (χ1v) is 7.47. The van der Waals surface area contributed by atoms with E-state index in [0.717, 1.165) is 17.6 Å². The summed E-state index contributed by atoms with van der Waals surface area (Å²) in [4.78, 5) is 26.1. The number of hydrogen-bond donors (Lipinski definition) is 0. The summed E-state index contributed by atoms with van der Waals surface area (Å²) in [6, 6.07) is 11.5. The summed E-state index contributed by atoms with van der Waals surface area (Å²) in [5.41, 5.74) is -0.482. The third-order valence-electron chi connectivity index (χ3n) is 3.49. The average molecular weight is 359 g/mol. The minimum absolute atomic E-state index is 0.0393. The molecule has 0 aliphatic carbocycles. The summed E-state index contributed by atoms with van der Waals surface area (Å²) in [5.74, 6) is -0.592. The van der Waals surface area contributed by atoms with Crippen LogP contribution in [0.2, 0.25) is 5.02 Å². The molecule has 0 saturated heterocycles. The van der Waals surface area contributed by atoms with Crippen LogP contribution in [0.4, 0.5) is 5.69 Å². The standard InChI is InChI=1S/C17H11ClN2O5/c1-24-17(21)10-8-14(20(22)23)16(19-9-10)25-15-7-6-13(18)11-4-2-3-5-12(11)15/h2-9H,1H3. The number of esters is 1. The van der Waals surface area contributed by atoms with Gasteiger partial charge in [-0.2, -0.15) is 0 Å². The van der Waals surface area contributed by atoms with E-state index in [0.29, 0.717) is 16.2 Å². The van der Waals surface area contributed by atoms with Crippen LogP contribution in [0.1, 0.15) is 10.4 Å². The Bertz CT molecular complexity index is 990. The second kappa shape index (κ2) is 6.74. The zero-order valence-corrected chi connectivity index (χ0v) is 13.7. The smallest absolute Gasteiger partial charge is 0.339 e. The molecule has 0 aliphatic heterocycles. The molecule has 3 rings (SSSR count). The Labute approximate surface area is 146 Å². The summed E-state index contributed by atoms with van der Waals surface area (Å²) in [7, 11) is 1.18. The SMILES string of the molecule is COC(=O)c1cnc(Oc2ccc(Cl)c3ccccc23)c([N+](=O)[O-])c1. The number of nitrogens with zero attached hydrogens (tertiary/aromatic N) is 2. The van der Waals surface area contributed by atoms with Gasteiger partial charge >= 0.3 is 11.7 Å². The van der Waals surface area contributed by atoms with Gasteiger partial charge in [0.25, 0.3) is 5.88 Å². The fraction of sp³-hybridized carbons (Fsp3) is 0.0588. The van der Waals surface area contributed by atoms with E-state index >= 15 is 0 Å². The van der Waals surface area contributed by atoms with Crippen molar-refractivity contribution >= 4 is 34.0 Å². The fourth-order valence-electron chi connectivity index (χ4n) is 2.31. The van der Waals surface area contributed by atoms with Crippen LogP contribution in [0.5, 0.6) is 11.6 Å². The number of nitro groups is 1. The summed E-state index contributed by atoms with van der Waals surface area (Å²) >= 11 is 6.15. The van der Waals surface area contributed by atoms with Crippen LogP contribution in [-0.4, -0.2) is 23.0 Å². The molecule has 0 fully saturated rings. The molecule has 0 amide bonds. The minimum Gasteiger partial charge on any atom is -0.465 e. The van der Waals surface area contributed by atoms with Gasteiger partial charge in [-0.1, -0.05) is 35.9 Å². The first kappa shape index (κ1) is 16.7. The lowest BCUT2D eigenvalue weighted by molar-refractivity contribution is -0.386. The highest BCUT2D eigenvalue weighted by atomic mass is 35.5. The number of pyridine rings is 1. The second-order valence-corrected chi connectivity index (χ2v) is 5.40. The molecule has 8 heteroatoms. The van der Waals surface area contributed by atoms with E-state index in [1.165, 1.54) is 7.11 Å². The molecule has 0 atom stereocenters. The summed E-state index contributed by atoms with van der Waals surface area (Å²) < 4.78 is 10.2. The number of ether oxygens (including phenoxy) is 2. The van der Waals surface area contributed by atoms with Crippen molar-refractivity contribution in [2.45, 2.75) is 0 Å². The maximum Gasteiger partial charge on any atom is 0.339 e. The van der Waals surface area contributed by atoms with Crippen LogP contribution < -0.4 is 4.74 Å². The lowest BCUT2D eigenvalue weighted by atomic mass is 10.1. The highest BCUT2D eigenvalue weighted by molar-refractivity contribution is 6.35. The molecule has 0 spiro atoms. The molecule has 0 radical (unpaired) electrons. The molecule has 0 saturated carbocycles. The molecule has 0 aliphatic rings. The Balaban J connectivity index is 2.08. The Hall–Kier alpha value is -3.19. The van der Waals surface area contributed by atoms with Gasteiger partial charge in [0.1, 0.15) is 5.75 Å². The van der Waals surface area contributed by atoms with Gasteiger partial charge in [0.15, 0.2) is 0 Å². The van der Waals surface area contributed by atoms with Gasteiger partial charge < -0.3 is 9.47 Å². The van der Waals surface area contributed by atoms with Gasteiger partial charge in [-0.25, -0.2) is 9.78 Å². The van der Waals surface area contributed by atoms with Crippen molar-refractivity contribution in [2.75, 3.05) is 7.11 Å². The van der Waals surface area contributed by atoms with Gasteiger partial charge in [0, 0.05) is 28.1 Å². The van der Waals surface area contributed by atoms with E-state index in [1.807, 2.05) is 12.1 Å². The van der Waals surface area contributed by atoms with Gasteiger partial charge in [0.2, 0.25) is 0 Å². The summed E-state index contributed by atoms with van der Waals surface area (Å²) in [5, 5.41) is 13.3. The van der Waals surface area contributed by atoms with E-state index in [9.17, 15) is 14.9 Å². The quantitative estimate of drug-likeness (QED) is 0.390. The number of carbonyl (C=O) groups excluding carboxylic acids is 1. The van der Waals surface area contributed by atoms with Crippen molar-refractivity contribution in [1.29, 1.82) is 0 Å². The van der Waals surface area contributed by atoms with E-state index in [4.69, 9.17) is 16.3 Å². The molecular formula is C17H11ClN2O5. The molecule has 25 heavy (non-hydrogen) atoms. The predicted molar refractivity (Wildman–Crippen MR) is 91.3 cm³/mol. The van der Waals surface area contributed by atoms with Crippen LogP contribution in [0.3, 0.4) is 0 Å². The zero-order valence-electron chi connectivity index (χ0n) is 12.9. The molecule has 1 aromatic heterocycles. The Morgan fingerprint density at radius 1 is 1.20 bits per heavy atom. The minimum atomic E-state index is -0.723. The Kier molecular flexibility index (Phi) is 4.49. The van der Waals surface area contributed by atoms with Crippen LogP contribution >= 0.6 is 11.6 Å². The van der Waals surface area contributed by atoms with Crippen LogP contribution in [0.25, 0.3) is 10.8 Å². The van der Waals surface area contributed by atoms with Gasteiger partial charge in [-0.15, -0.1) is 0 Å². The van der Waals surface area contributed by atoms with Crippen molar-refractivity contribution in [3.05, 3.63) is 69.4 Å². The molecule has 0 bridgehead atoms. The molecule has 0 unspecified atom stereocenters. The highest BCUT2D eigenvalue weighted by Gasteiger charge is 2.22. The molecular weight excluding hydrogens is 348 g/mol. The normalized spacial score (nSPS) is 10.5. The number of fused-ring (bicyclic) bond motifs is 1. The number of carbonyl (C=O) groups is 1. The summed E-state index contributed by atoms with van der Waals surface area (Å²) in [6.45, 7) is 0. The molecule has 2 aromatic carbocycles. The zero-order chi connectivity index (χ0) is 18.0. The monoisotopic (exact) mass is 358 g/mol. The van der Waals surface area contributed by atoms with Crippen LogP contribution in [-0.2, 0) is 4.74 Å². The number of hydrogen-bond acceptors (Lipinski definition) is 6. The lowest BCUT2D eigenvalue weighted by Crippen LogP contribution is -2.04. The van der Waals surface area contributed by atoms with E-state index in [1.54, 1.807) is 24.3 Å². The number of aromatic nitrogens is 1. The number of benzene rings is 2. The molecule has 1 heterocycles. The molecule has 7 nitrogen and oxygen atoms in total. The highest BCUT2D eigenvalue weighted by Crippen LogP contribution is 2.36. The maximum absolute atomic E-state index is 11.5. The van der Waals surface area contributed by atoms with E-state index in [2.05, 4.69) is 9.72 Å². The van der Waals surface area contributed by atoms with Gasteiger partial charge in [-0.05, 0) is 12.1 Å². The Morgan fingerprint density at radius 3 is 2.60 bits per heavy atom. The fourth-order valence-corrected chi connectivity index (χ4v) is 2.54.